The van der Waals surface area contributed by atoms with Gasteiger partial charge in [-0.1, -0.05) is 11.6 Å². The van der Waals surface area contributed by atoms with Gasteiger partial charge >= 0.3 is 0 Å². The molecule has 2 fully saturated rings. The summed E-state index contributed by atoms with van der Waals surface area (Å²) in [6.45, 7) is 1.86. The van der Waals surface area contributed by atoms with Crippen molar-refractivity contribution in [1.82, 2.24) is 4.90 Å². The van der Waals surface area contributed by atoms with Crippen molar-refractivity contribution in [3.05, 3.63) is 29.3 Å². The Bertz CT molecular complexity index is 475. The quantitative estimate of drug-likeness (QED) is 0.909. The Kier molecular flexibility index (Phi) is 2.93. The molecule has 18 heavy (non-hydrogen) atoms. The number of hydrogen-bond donors (Lipinski definition) is 1. The average molecular weight is 262 g/mol. The number of nitrogens with one attached hydrogen (secondary N) is 1. The molecule has 94 valence electrons. The summed E-state index contributed by atoms with van der Waals surface area (Å²) in [7, 11) is 0. The Labute approximate surface area is 112 Å². The molecule has 1 saturated heterocycles. The first-order valence-electron chi connectivity index (χ1n) is 6.40. The average Bonchev–Trinajstić information content (AvgIpc) is 3.15. The van der Waals surface area contributed by atoms with Gasteiger partial charge in [0.2, 0.25) is 0 Å². The summed E-state index contributed by atoms with van der Waals surface area (Å²) in [5.74, 6) is 0. The molecule has 0 spiro atoms. The van der Waals surface area contributed by atoms with Crippen LogP contribution in [0.25, 0.3) is 0 Å². The third-order valence-corrected chi connectivity index (χ3v) is 4.06. The molecular weight excluding hydrogens is 246 g/mol. The van der Waals surface area contributed by atoms with Crippen LogP contribution in [0.3, 0.4) is 0 Å². The highest BCUT2D eigenvalue weighted by Crippen LogP contribution is 2.34. The van der Waals surface area contributed by atoms with E-state index in [-0.39, 0.29) is 0 Å². The molecule has 4 heteroatoms. The smallest absolute Gasteiger partial charge is 0.139 e. The monoisotopic (exact) mass is 261 g/mol. The Morgan fingerprint density at radius 3 is 2.67 bits per heavy atom. The molecule has 0 aromatic heterocycles. The van der Waals surface area contributed by atoms with E-state index in [9.17, 15) is 5.26 Å². The van der Waals surface area contributed by atoms with Crippen LogP contribution in [0.15, 0.2) is 24.3 Å². The minimum absolute atomic E-state index is 0.434. The third-order valence-electron chi connectivity index (χ3n) is 3.80. The molecule has 3 nitrogen and oxygen atoms in total. The van der Waals surface area contributed by atoms with Gasteiger partial charge in [0.05, 0.1) is 6.07 Å². The van der Waals surface area contributed by atoms with Gasteiger partial charge in [0.25, 0.3) is 0 Å². The molecule has 1 saturated carbocycles. The molecule has 1 aromatic carbocycles. The van der Waals surface area contributed by atoms with Crippen molar-refractivity contribution in [1.29, 1.82) is 5.26 Å². The summed E-state index contributed by atoms with van der Waals surface area (Å²) in [4.78, 5) is 2.44. The van der Waals surface area contributed by atoms with Gasteiger partial charge in [0.1, 0.15) is 5.54 Å². The van der Waals surface area contributed by atoms with Gasteiger partial charge in [-0.15, -0.1) is 0 Å². The highest BCUT2D eigenvalue weighted by atomic mass is 35.5. The summed E-state index contributed by atoms with van der Waals surface area (Å²) in [6, 6.07) is 10.8. The number of halogens is 1. The van der Waals surface area contributed by atoms with Crippen LogP contribution in [0.5, 0.6) is 0 Å². The topological polar surface area (TPSA) is 39.1 Å². The number of likely N-dealkylation sites (tertiary alicyclic amines) is 1. The van der Waals surface area contributed by atoms with Gasteiger partial charge in [0, 0.05) is 29.8 Å². The molecule has 2 aliphatic rings. The van der Waals surface area contributed by atoms with Gasteiger partial charge in [0.15, 0.2) is 0 Å². The lowest BCUT2D eigenvalue weighted by atomic mass is 10.0. The molecule has 1 unspecified atom stereocenters. The second kappa shape index (κ2) is 4.46. The lowest BCUT2D eigenvalue weighted by molar-refractivity contribution is 0.319. The largest absolute Gasteiger partial charge is 0.366 e. The van der Waals surface area contributed by atoms with Gasteiger partial charge < -0.3 is 5.32 Å². The molecule has 1 N–H and O–H groups in total. The van der Waals surface area contributed by atoms with Crippen LogP contribution in [0.4, 0.5) is 5.69 Å². The number of hydrogen-bond acceptors (Lipinski definition) is 3. The zero-order valence-corrected chi connectivity index (χ0v) is 11.0. The van der Waals surface area contributed by atoms with Gasteiger partial charge in [-0.05, 0) is 43.5 Å². The fraction of sp³-hybridized carbons (Fsp3) is 0.500. The molecule has 0 radical (unpaired) electrons. The lowest BCUT2D eigenvalue weighted by Gasteiger charge is -2.24. The van der Waals surface area contributed by atoms with E-state index in [1.165, 1.54) is 12.8 Å². The number of rotatable bonds is 3. The fourth-order valence-corrected chi connectivity index (χ4v) is 2.75. The van der Waals surface area contributed by atoms with E-state index in [1.807, 2.05) is 24.3 Å². The van der Waals surface area contributed by atoms with Crippen molar-refractivity contribution in [2.75, 3.05) is 18.4 Å². The van der Waals surface area contributed by atoms with Crippen LogP contribution in [0.2, 0.25) is 5.02 Å². The fourth-order valence-electron chi connectivity index (χ4n) is 2.62. The van der Waals surface area contributed by atoms with Crippen LogP contribution in [-0.4, -0.2) is 29.6 Å². The second-order valence-corrected chi connectivity index (χ2v) is 5.71. The number of benzene rings is 1. The lowest BCUT2D eigenvalue weighted by Crippen LogP contribution is -2.40. The normalized spacial score (nSPS) is 28.0. The van der Waals surface area contributed by atoms with E-state index < -0.39 is 5.54 Å². The van der Waals surface area contributed by atoms with Gasteiger partial charge in [-0.25, -0.2) is 0 Å². The minimum Gasteiger partial charge on any atom is -0.366 e. The highest BCUT2D eigenvalue weighted by Gasteiger charge is 2.43. The van der Waals surface area contributed by atoms with Crippen LogP contribution in [0.1, 0.15) is 19.3 Å². The van der Waals surface area contributed by atoms with Crippen LogP contribution in [-0.2, 0) is 0 Å². The number of nitrogens with zero attached hydrogens (tertiary/aromatic N) is 2. The molecule has 1 aliphatic carbocycles. The van der Waals surface area contributed by atoms with Gasteiger partial charge in [-0.2, -0.15) is 5.26 Å². The highest BCUT2D eigenvalue weighted by molar-refractivity contribution is 6.30. The first-order chi connectivity index (χ1) is 8.71. The van der Waals surface area contributed by atoms with E-state index in [2.05, 4.69) is 16.3 Å². The SMILES string of the molecule is N#CC1(Nc2ccc(Cl)cc2)CCN(C2CC2)C1. The van der Waals surface area contributed by atoms with E-state index in [0.717, 1.165) is 36.3 Å². The zero-order chi connectivity index (χ0) is 12.6. The summed E-state index contributed by atoms with van der Waals surface area (Å²) < 4.78 is 0. The maximum atomic E-state index is 9.49. The predicted molar refractivity (Wildman–Crippen MR) is 72.6 cm³/mol. The Morgan fingerprint density at radius 2 is 2.06 bits per heavy atom. The second-order valence-electron chi connectivity index (χ2n) is 5.28. The van der Waals surface area contributed by atoms with E-state index >= 15 is 0 Å². The molecule has 1 atom stereocenters. The summed E-state index contributed by atoms with van der Waals surface area (Å²) >= 11 is 5.87. The van der Waals surface area contributed by atoms with Crippen LogP contribution >= 0.6 is 11.6 Å². The van der Waals surface area contributed by atoms with Crippen molar-refractivity contribution in [3.8, 4) is 6.07 Å². The molecule has 0 amide bonds. The summed E-state index contributed by atoms with van der Waals surface area (Å²) in [5, 5.41) is 13.6. The van der Waals surface area contributed by atoms with E-state index in [4.69, 9.17) is 11.6 Å². The molecular formula is C14H16ClN3. The minimum atomic E-state index is -0.434. The van der Waals surface area contributed by atoms with Crippen molar-refractivity contribution in [2.24, 2.45) is 0 Å². The van der Waals surface area contributed by atoms with Crippen LogP contribution < -0.4 is 5.32 Å². The Balaban J connectivity index is 1.72. The summed E-state index contributed by atoms with van der Waals surface area (Å²) in [5.41, 5.74) is 0.537. The van der Waals surface area contributed by atoms with E-state index in [1.54, 1.807) is 0 Å². The molecule has 1 heterocycles. The molecule has 0 bridgehead atoms. The van der Waals surface area contributed by atoms with Crippen molar-refractivity contribution >= 4 is 17.3 Å². The van der Waals surface area contributed by atoms with Crippen molar-refractivity contribution in [2.45, 2.75) is 30.8 Å². The first kappa shape index (κ1) is 11.8. The standard InChI is InChI=1S/C14H16ClN3/c15-11-1-3-12(4-2-11)17-14(9-16)7-8-18(10-14)13-5-6-13/h1-4,13,17H,5-8,10H2. The predicted octanol–water partition coefficient (Wildman–Crippen LogP) is 2.88. The summed E-state index contributed by atoms with van der Waals surface area (Å²) in [6.07, 6.45) is 3.48. The maximum absolute atomic E-state index is 9.49. The number of nitriles is 1. The Morgan fingerprint density at radius 1 is 1.33 bits per heavy atom. The van der Waals surface area contributed by atoms with E-state index in [0.29, 0.717) is 0 Å². The van der Waals surface area contributed by atoms with Crippen molar-refractivity contribution in [3.63, 3.8) is 0 Å². The number of anilines is 1. The third kappa shape index (κ3) is 2.31. The Hall–Kier alpha value is -1.24. The van der Waals surface area contributed by atoms with Crippen molar-refractivity contribution < 1.29 is 0 Å². The van der Waals surface area contributed by atoms with Gasteiger partial charge in [-0.3, -0.25) is 4.90 Å². The molecule has 1 aromatic rings. The zero-order valence-electron chi connectivity index (χ0n) is 10.2. The first-order valence-corrected chi connectivity index (χ1v) is 6.78. The molecule has 1 aliphatic heterocycles. The molecule has 3 rings (SSSR count). The maximum Gasteiger partial charge on any atom is 0.139 e. The van der Waals surface area contributed by atoms with Crippen LogP contribution in [0, 0.1) is 11.3 Å².